The molecule has 0 aromatic rings. The van der Waals surface area contributed by atoms with Gasteiger partial charge in [0.05, 0.1) is 18.8 Å². The Morgan fingerprint density at radius 2 is 2.33 bits per heavy atom. The van der Waals surface area contributed by atoms with E-state index in [1.165, 1.54) is 0 Å². The van der Waals surface area contributed by atoms with Crippen LogP contribution in [0.1, 0.15) is 0 Å². The summed E-state index contributed by atoms with van der Waals surface area (Å²) in [5, 5.41) is 0. The second-order valence-corrected chi connectivity index (χ2v) is 2.64. The predicted octanol–water partition coefficient (Wildman–Crippen LogP) is -0.726. The topological polar surface area (TPSA) is 38.5 Å². The van der Waals surface area contributed by atoms with Gasteiger partial charge in [-0.3, -0.25) is 0 Å². The second-order valence-electron chi connectivity index (χ2n) is 2.64. The third kappa shape index (κ3) is 1.23. The van der Waals surface area contributed by atoms with Crippen LogP contribution in [0.15, 0.2) is 0 Å². The van der Waals surface area contributed by atoms with Gasteiger partial charge in [0.1, 0.15) is 0 Å². The predicted molar refractivity (Wildman–Crippen MR) is 36.3 cm³/mol. The number of likely N-dealkylation sites (N-methyl/N-ethyl adjacent to an activating group) is 1. The fourth-order valence-electron chi connectivity index (χ4n) is 1.03. The van der Waals surface area contributed by atoms with Gasteiger partial charge in [0, 0.05) is 6.54 Å². The molecule has 0 aromatic heterocycles. The maximum atomic E-state index is 5.41. The lowest BCUT2D eigenvalue weighted by Crippen LogP contribution is -2.56. The van der Waals surface area contributed by atoms with Crippen molar-refractivity contribution in [3.05, 3.63) is 0 Å². The molecule has 0 saturated carbocycles. The molecule has 1 fully saturated rings. The van der Waals surface area contributed by atoms with Crippen LogP contribution in [0.5, 0.6) is 0 Å². The molecule has 0 amide bonds. The summed E-state index contributed by atoms with van der Waals surface area (Å²) in [4.78, 5) is 2.15. The summed E-state index contributed by atoms with van der Waals surface area (Å²) in [6.07, 6.45) is 0.278. The first kappa shape index (κ1) is 6.99. The van der Waals surface area contributed by atoms with Crippen molar-refractivity contribution in [2.75, 3.05) is 27.2 Å². The number of hydrogen-bond acceptors (Lipinski definition) is 3. The van der Waals surface area contributed by atoms with Gasteiger partial charge >= 0.3 is 0 Å². The Balaban J connectivity index is 2.27. The molecule has 9 heavy (non-hydrogen) atoms. The van der Waals surface area contributed by atoms with Crippen molar-refractivity contribution in [3.63, 3.8) is 0 Å². The van der Waals surface area contributed by atoms with Crippen LogP contribution in [-0.4, -0.2) is 44.3 Å². The zero-order valence-electron chi connectivity index (χ0n) is 6.00. The molecule has 0 radical (unpaired) electrons. The van der Waals surface area contributed by atoms with E-state index in [0.29, 0.717) is 12.6 Å². The maximum absolute atomic E-state index is 5.41. The Kier molecular flexibility index (Phi) is 2.05. The van der Waals surface area contributed by atoms with E-state index in [4.69, 9.17) is 10.5 Å². The third-order valence-electron chi connectivity index (χ3n) is 1.81. The van der Waals surface area contributed by atoms with Gasteiger partial charge in [-0.15, -0.1) is 0 Å². The van der Waals surface area contributed by atoms with Gasteiger partial charge in [0.15, 0.2) is 0 Å². The fourth-order valence-corrected chi connectivity index (χ4v) is 1.03. The van der Waals surface area contributed by atoms with E-state index in [1.54, 1.807) is 0 Å². The van der Waals surface area contributed by atoms with Crippen LogP contribution in [0, 0.1) is 0 Å². The molecule has 2 unspecified atom stereocenters. The lowest BCUT2D eigenvalue weighted by Gasteiger charge is -2.40. The van der Waals surface area contributed by atoms with Gasteiger partial charge in [-0.2, -0.15) is 0 Å². The average Bonchev–Trinajstić information content (AvgIpc) is 1.61. The third-order valence-corrected chi connectivity index (χ3v) is 1.81. The Hall–Kier alpha value is -0.120. The van der Waals surface area contributed by atoms with Crippen LogP contribution in [-0.2, 0) is 4.74 Å². The highest BCUT2D eigenvalue weighted by Gasteiger charge is 2.31. The van der Waals surface area contributed by atoms with Crippen molar-refractivity contribution in [2.24, 2.45) is 5.73 Å². The zero-order chi connectivity index (χ0) is 6.85. The average molecular weight is 130 g/mol. The zero-order valence-corrected chi connectivity index (χ0v) is 6.00. The highest BCUT2D eigenvalue weighted by atomic mass is 16.5. The van der Waals surface area contributed by atoms with Crippen molar-refractivity contribution in [1.29, 1.82) is 0 Å². The molecule has 0 spiro atoms. The quantitative estimate of drug-likeness (QED) is 0.536. The molecule has 1 saturated heterocycles. The van der Waals surface area contributed by atoms with Crippen LogP contribution in [0.4, 0.5) is 0 Å². The molecule has 0 aliphatic carbocycles. The Morgan fingerprint density at radius 3 is 2.44 bits per heavy atom. The van der Waals surface area contributed by atoms with Crippen molar-refractivity contribution in [1.82, 2.24) is 4.90 Å². The lowest BCUT2D eigenvalue weighted by molar-refractivity contribution is -0.116. The monoisotopic (exact) mass is 130 g/mol. The van der Waals surface area contributed by atoms with Gasteiger partial charge in [-0.1, -0.05) is 0 Å². The summed E-state index contributed by atoms with van der Waals surface area (Å²) in [6.45, 7) is 1.48. The molecule has 2 atom stereocenters. The van der Waals surface area contributed by atoms with Gasteiger partial charge in [0.25, 0.3) is 0 Å². The molecule has 0 aromatic carbocycles. The number of nitrogens with zero attached hydrogens (tertiary/aromatic N) is 1. The molecule has 1 aliphatic heterocycles. The largest absolute Gasteiger partial charge is 0.373 e. The molecule has 2 N–H and O–H groups in total. The number of rotatable bonds is 2. The molecule has 3 heteroatoms. The summed E-state index contributed by atoms with van der Waals surface area (Å²) < 4.78 is 5.19. The smallest absolute Gasteiger partial charge is 0.0875 e. The van der Waals surface area contributed by atoms with Crippen molar-refractivity contribution in [3.8, 4) is 0 Å². The van der Waals surface area contributed by atoms with E-state index in [2.05, 4.69) is 19.0 Å². The summed E-state index contributed by atoms with van der Waals surface area (Å²) in [7, 11) is 4.10. The summed E-state index contributed by atoms with van der Waals surface area (Å²) in [5.41, 5.74) is 5.41. The van der Waals surface area contributed by atoms with Crippen LogP contribution >= 0.6 is 0 Å². The number of nitrogens with two attached hydrogens (primary N) is 1. The van der Waals surface area contributed by atoms with Crippen LogP contribution in [0.3, 0.4) is 0 Å². The first-order valence-electron chi connectivity index (χ1n) is 3.24. The van der Waals surface area contributed by atoms with Crippen LogP contribution < -0.4 is 5.73 Å². The van der Waals surface area contributed by atoms with E-state index in [0.717, 1.165) is 6.61 Å². The molecular weight excluding hydrogens is 116 g/mol. The Morgan fingerprint density at radius 1 is 1.67 bits per heavy atom. The standard InChI is InChI=1S/C6H14N2O/c1-8(2)5-4-9-6(5)3-7/h5-6H,3-4,7H2,1-2H3. The normalized spacial score (nSPS) is 34.7. The lowest BCUT2D eigenvalue weighted by atomic mass is 10.1. The van der Waals surface area contributed by atoms with E-state index < -0.39 is 0 Å². The first-order chi connectivity index (χ1) is 4.25. The SMILES string of the molecule is CN(C)C1COC1CN. The van der Waals surface area contributed by atoms with Gasteiger partial charge < -0.3 is 15.4 Å². The van der Waals surface area contributed by atoms with Crippen molar-refractivity contribution in [2.45, 2.75) is 12.1 Å². The van der Waals surface area contributed by atoms with E-state index in [-0.39, 0.29) is 6.10 Å². The van der Waals surface area contributed by atoms with Gasteiger partial charge in [-0.25, -0.2) is 0 Å². The highest BCUT2D eigenvalue weighted by molar-refractivity contribution is 4.85. The summed E-state index contributed by atoms with van der Waals surface area (Å²) in [5.74, 6) is 0. The first-order valence-corrected chi connectivity index (χ1v) is 3.24. The van der Waals surface area contributed by atoms with Crippen molar-refractivity contribution >= 4 is 0 Å². The van der Waals surface area contributed by atoms with Crippen LogP contribution in [0.2, 0.25) is 0 Å². The van der Waals surface area contributed by atoms with Gasteiger partial charge in [0.2, 0.25) is 0 Å². The van der Waals surface area contributed by atoms with E-state index >= 15 is 0 Å². The highest BCUT2D eigenvalue weighted by Crippen LogP contribution is 2.14. The van der Waals surface area contributed by atoms with Crippen LogP contribution in [0.25, 0.3) is 0 Å². The number of hydrogen-bond donors (Lipinski definition) is 1. The second kappa shape index (κ2) is 2.64. The van der Waals surface area contributed by atoms with E-state index in [1.807, 2.05) is 0 Å². The van der Waals surface area contributed by atoms with Crippen molar-refractivity contribution < 1.29 is 4.74 Å². The Labute approximate surface area is 55.8 Å². The molecule has 54 valence electrons. The van der Waals surface area contributed by atoms with Gasteiger partial charge in [-0.05, 0) is 14.1 Å². The van der Waals surface area contributed by atoms with E-state index in [9.17, 15) is 0 Å². The molecule has 1 aliphatic rings. The minimum absolute atomic E-state index is 0.278. The molecular formula is C6H14N2O. The summed E-state index contributed by atoms with van der Waals surface area (Å²) >= 11 is 0. The molecule has 0 bridgehead atoms. The minimum atomic E-state index is 0.278. The fraction of sp³-hybridized carbons (Fsp3) is 1.00. The summed E-state index contributed by atoms with van der Waals surface area (Å²) in [6, 6.07) is 0.551. The Bertz CT molecular complexity index is 93.1. The minimum Gasteiger partial charge on any atom is -0.373 e. The molecule has 1 rings (SSSR count). The molecule has 1 heterocycles. The molecule has 3 nitrogen and oxygen atoms in total. The number of ether oxygens (including phenoxy) is 1. The maximum Gasteiger partial charge on any atom is 0.0875 e.